The molecule has 2 aromatic heterocycles. The van der Waals surface area contributed by atoms with Gasteiger partial charge in [-0.1, -0.05) is 0 Å². The average molecular weight is 251 g/mol. The molecule has 0 fully saturated rings. The number of ether oxygens (including phenoxy) is 1. The number of esters is 1. The third-order valence-electron chi connectivity index (χ3n) is 2.43. The van der Waals surface area contributed by atoms with Crippen LogP contribution in [0.1, 0.15) is 27.9 Å². The molecule has 0 radical (unpaired) electrons. The van der Waals surface area contributed by atoms with Crippen molar-refractivity contribution in [1.29, 1.82) is 0 Å². The molecule has 0 aromatic carbocycles. The molecule has 0 aliphatic heterocycles. The topological polar surface area (TPSA) is 52.3 Å². The number of oxazole rings is 1. The maximum Gasteiger partial charge on any atom is 0.361 e. The highest BCUT2D eigenvalue weighted by Crippen LogP contribution is 2.32. The minimum Gasteiger partial charge on any atom is -0.461 e. The molecule has 0 spiro atoms. The first-order chi connectivity index (χ1) is 8.13. The summed E-state index contributed by atoms with van der Waals surface area (Å²) in [5.74, 6) is 0.0459. The van der Waals surface area contributed by atoms with Crippen LogP contribution in [-0.2, 0) is 4.74 Å². The van der Waals surface area contributed by atoms with Crippen LogP contribution in [0, 0.1) is 13.8 Å². The van der Waals surface area contributed by atoms with Crippen LogP contribution in [0.15, 0.2) is 16.9 Å². The van der Waals surface area contributed by atoms with Crippen molar-refractivity contribution in [2.45, 2.75) is 20.8 Å². The van der Waals surface area contributed by atoms with Crippen molar-refractivity contribution in [3.05, 3.63) is 28.6 Å². The van der Waals surface area contributed by atoms with E-state index in [1.807, 2.05) is 19.9 Å². The number of rotatable bonds is 3. The number of carbonyl (C=O) groups is 1. The predicted molar refractivity (Wildman–Crippen MR) is 65.2 cm³/mol. The summed E-state index contributed by atoms with van der Waals surface area (Å²) in [5, 5.41) is 0. The Labute approximate surface area is 103 Å². The molecule has 0 N–H and O–H groups in total. The number of hydrogen-bond donors (Lipinski definition) is 0. The molecule has 2 rings (SSSR count). The Morgan fingerprint density at radius 3 is 2.88 bits per heavy atom. The zero-order valence-corrected chi connectivity index (χ0v) is 10.8. The fraction of sp³-hybridized carbons (Fsp3) is 0.333. The number of aromatic nitrogens is 1. The number of aryl methyl sites for hydroxylation is 2. The van der Waals surface area contributed by atoms with Crippen molar-refractivity contribution in [2.24, 2.45) is 0 Å². The third kappa shape index (κ3) is 2.24. The number of hydrogen-bond acceptors (Lipinski definition) is 5. The fourth-order valence-electron chi connectivity index (χ4n) is 1.45. The van der Waals surface area contributed by atoms with Gasteiger partial charge in [-0.3, -0.25) is 0 Å². The van der Waals surface area contributed by atoms with Crippen LogP contribution in [-0.4, -0.2) is 17.6 Å². The lowest BCUT2D eigenvalue weighted by Crippen LogP contribution is -2.06. The van der Waals surface area contributed by atoms with Crippen LogP contribution in [0.5, 0.6) is 0 Å². The maximum absolute atomic E-state index is 11.7. The molecule has 0 bridgehead atoms. The molecular formula is C12H13NO3S. The first-order valence-electron chi connectivity index (χ1n) is 5.31. The van der Waals surface area contributed by atoms with E-state index >= 15 is 0 Å². The van der Waals surface area contributed by atoms with Crippen molar-refractivity contribution < 1.29 is 13.9 Å². The van der Waals surface area contributed by atoms with E-state index in [0.29, 0.717) is 12.4 Å². The Balaban J connectivity index is 2.40. The van der Waals surface area contributed by atoms with E-state index in [1.54, 1.807) is 18.3 Å². The van der Waals surface area contributed by atoms with Gasteiger partial charge in [-0.05, 0) is 32.4 Å². The van der Waals surface area contributed by atoms with Crippen molar-refractivity contribution in [2.75, 3.05) is 6.61 Å². The Morgan fingerprint density at radius 2 is 2.29 bits per heavy atom. The summed E-state index contributed by atoms with van der Waals surface area (Å²) in [5.41, 5.74) is 1.42. The molecule has 2 aromatic rings. The largest absolute Gasteiger partial charge is 0.461 e. The molecule has 90 valence electrons. The molecule has 0 aliphatic carbocycles. The van der Waals surface area contributed by atoms with E-state index in [0.717, 1.165) is 4.88 Å². The fourth-order valence-corrected chi connectivity index (χ4v) is 2.47. The molecule has 0 saturated carbocycles. The van der Waals surface area contributed by atoms with Crippen molar-refractivity contribution in [3.8, 4) is 10.6 Å². The summed E-state index contributed by atoms with van der Waals surface area (Å²) < 4.78 is 10.2. The highest BCUT2D eigenvalue weighted by Gasteiger charge is 2.20. The van der Waals surface area contributed by atoms with Gasteiger partial charge in [0.15, 0.2) is 17.8 Å². The van der Waals surface area contributed by atoms with Gasteiger partial charge in [-0.15, -0.1) is 11.3 Å². The van der Waals surface area contributed by atoms with Gasteiger partial charge < -0.3 is 9.15 Å². The zero-order chi connectivity index (χ0) is 12.4. The normalized spacial score (nSPS) is 10.5. The van der Waals surface area contributed by atoms with E-state index in [-0.39, 0.29) is 5.69 Å². The monoisotopic (exact) mass is 251 g/mol. The first-order valence-corrected chi connectivity index (χ1v) is 6.13. The molecule has 17 heavy (non-hydrogen) atoms. The second-order valence-corrected chi connectivity index (χ2v) is 4.86. The molecule has 0 aliphatic rings. The van der Waals surface area contributed by atoms with Gasteiger partial charge >= 0.3 is 5.97 Å². The Bertz CT molecular complexity index is 522. The number of thiophene rings is 1. The third-order valence-corrected chi connectivity index (χ3v) is 3.58. The summed E-state index contributed by atoms with van der Waals surface area (Å²) in [6, 6.07) is 1.99. The van der Waals surface area contributed by atoms with Crippen molar-refractivity contribution in [1.82, 2.24) is 4.98 Å². The van der Waals surface area contributed by atoms with E-state index in [4.69, 9.17) is 9.15 Å². The van der Waals surface area contributed by atoms with Crippen molar-refractivity contribution in [3.63, 3.8) is 0 Å². The molecule has 2 heterocycles. The predicted octanol–water partition coefficient (Wildman–Crippen LogP) is 3.20. The minimum absolute atomic E-state index is 0.244. The van der Waals surface area contributed by atoms with Crippen LogP contribution < -0.4 is 0 Å². The molecular weight excluding hydrogens is 238 g/mol. The van der Waals surface area contributed by atoms with Gasteiger partial charge in [0.05, 0.1) is 11.5 Å². The second kappa shape index (κ2) is 4.71. The van der Waals surface area contributed by atoms with Crippen LogP contribution in [0.3, 0.4) is 0 Å². The van der Waals surface area contributed by atoms with Gasteiger partial charge in [-0.25, -0.2) is 9.78 Å². The molecule has 0 saturated heterocycles. The van der Waals surface area contributed by atoms with Crippen LogP contribution in [0.4, 0.5) is 0 Å². The summed E-state index contributed by atoms with van der Waals surface area (Å²) in [7, 11) is 0. The highest BCUT2D eigenvalue weighted by molar-refractivity contribution is 7.15. The zero-order valence-electron chi connectivity index (χ0n) is 9.94. The SMILES string of the molecule is CCOC(=O)c1ncoc1-c1cc(C)c(C)s1. The standard InChI is InChI=1S/C12H13NO3S/c1-4-15-12(14)10-11(16-6-13-10)9-5-7(2)8(3)17-9/h5-6H,4H2,1-3H3. The van der Waals surface area contributed by atoms with Crippen LogP contribution in [0.25, 0.3) is 10.6 Å². The molecule has 0 atom stereocenters. The van der Waals surface area contributed by atoms with Gasteiger partial charge in [0.2, 0.25) is 0 Å². The Kier molecular flexibility index (Phi) is 3.28. The lowest BCUT2D eigenvalue weighted by atomic mass is 10.2. The molecule has 4 nitrogen and oxygen atoms in total. The van der Waals surface area contributed by atoms with Crippen LogP contribution >= 0.6 is 11.3 Å². The van der Waals surface area contributed by atoms with E-state index in [1.165, 1.54) is 16.8 Å². The Morgan fingerprint density at radius 1 is 1.53 bits per heavy atom. The van der Waals surface area contributed by atoms with E-state index in [9.17, 15) is 4.79 Å². The Hall–Kier alpha value is -1.62. The summed E-state index contributed by atoms with van der Waals surface area (Å²) in [6.07, 6.45) is 1.27. The second-order valence-electron chi connectivity index (χ2n) is 3.60. The number of carbonyl (C=O) groups excluding carboxylic acids is 1. The van der Waals surface area contributed by atoms with E-state index in [2.05, 4.69) is 4.98 Å². The first kappa shape index (κ1) is 11.9. The van der Waals surface area contributed by atoms with Crippen molar-refractivity contribution >= 4 is 17.3 Å². The average Bonchev–Trinajstić information content (AvgIpc) is 2.87. The summed E-state index contributed by atoms with van der Waals surface area (Å²) in [4.78, 5) is 17.7. The van der Waals surface area contributed by atoms with Gasteiger partial charge in [0.1, 0.15) is 0 Å². The summed E-state index contributed by atoms with van der Waals surface area (Å²) >= 11 is 1.58. The smallest absolute Gasteiger partial charge is 0.361 e. The number of nitrogens with zero attached hydrogens (tertiary/aromatic N) is 1. The lowest BCUT2D eigenvalue weighted by Gasteiger charge is -1.98. The quantitative estimate of drug-likeness (QED) is 0.786. The highest BCUT2D eigenvalue weighted by atomic mass is 32.1. The van der Waals surface area contributed by atoms with Gasteiger partial charge in [0, 0.05) is 4.88 Å². The van der Waals surface area contributed by atoms with Gasteiger partial charge in [0.25, 0.3) is 0 Å². The lowest BCUT2D eigenvalue weighted by molar-refractivity contribution is 0.0520. The van der Waals surface area contributed by atoms with Gasteiger partial charge in [-0.2, -0.15) is 0 Å². The minimum atomic E-state index is -0.444. The molecule has 5 heteroatoms. The van der Waals surface area contributed by atoms with Crippen LogP contribution in [0.2, 0.25) is 0 Å². The maximum atomic E-state index is 11.7. The molecule has 0 amide bonds. The van der Waals surface area contributed by atoms with E-state index < -0.39 is 5.97 Å². The summed E-state index contributed by atoms with van der Waals surface area (Å²) in [6.45, 7) is 6.14. The molecule has 0 unspecified atom stereocenters.